The van der Waals surface area contributed by atoms with Gasteiger partial charge < -0.3 is 0 Å². The molecule has 38 valence electrons. The monoisotopic (exact) mass is 118 g/mol. The van der Waals surface area contributed by atoms with Gasteiger partial charge in [0.25, 0.3) is 5.62 Å². The summed E-state index contributed by atoms with van der Waals surface area (Å²) in [6, 6.07) is 0. The summed E-state index contributed by atoms with van der Waals surface area (Å²) in [5, 5.41) is 0. The van der Waals surface area contributed by atoms with Gasteiger partial charge in [0, 0.05) is 0 Å². The Bertz CT molecular complexity index is 122. The standard InChI is InChI=1S/CH2O4S.Li.H/c2-1-6(3,4)5;;/h1H,(H,3,4,5);;. The van der Waals surface area contributed by atoms with E-state index >= 15 is 0 Å². The van der Waals surface area contributed by atoms with E-state index in [1.807, 2.05) is 0 Å². The zero-order valence-electron chi connectivity index (χ0n) is 2.66. The summed E-state index contributed by atoms with van der Waals surface area (Å²) in [4.78, 5) is 8.99. The number of hydrogen-bond donors (Lipinski definition) is 1. The fourth-order valence-corrected chi connectivity index (χ4v) is 0. The maximum atomic E-state index is 9.19. The van der Waals surface area contributed by atoms with Gasteiger partial charge in [-0.1, -0.05) is 0 Å². The van der Waals surface area contributed by atoms with Gasteiger partial charge in [0.05, 0.1) is 0 Å². The van der Waals surface area contributed by atoms with Gasteiger partial charge in [-0.2, -0.15) is 8.42 Å². The minimum atomic E-state index is -4.34. The van der Waals surface area contributed by atoms with Crippen LogP contribution in [0.25, 0.3) is 0 Å². The number of carbonyl (C=O) groups excluding carboxylic acids is 1. The van der Waals surface area contributed by atoms with Gasteiger partial charge in [-0.05, 0) is 0 Å². The minimum absolute atomic E-state index is 0. The SMILES string of the molecule is O=CS(=O)(=O)O.[LiH]. The number of rotatable bonds is 1. The molecule has 0 aromatic rings. The van der Waals surface area contributed by atoms with Crippen LogP contribution in [-0.4, -0.2) is 37.4 Å². The van der Waals surface area contributed by atoms with Crippen molar-refractivity contribution in [2.45, 2.75) is 0 Å². The Labute approximate surface area is 52.8 Å². The van der Waals surface area contributed by atoms with Crippen molar-refractivity contribution in [1.82, 2.24) is 0 Å². The molecule has 0 spiro atoms. The molecular weight excluding hydrogens is 115 g/mol. The fraction of sp³-hybridized carbons (Fsp3) is 0. The van der Waals surface area contributed by atoms with Gasteiger partial charge >= 0.3 is 29.0 Å². The van der Waals surface area contributed by atoms with Crippen LogP contribution < -0.4 is 0 Å². The third kappa shape index (κ3) is 10.7. The van der Waals surface area contributed by atoms with E-state index in [4.69, 9.17) is 9.35 Å². The van der Waals surface area contributed by atoms with Crippen LogP contribution in [0.3, 0.4) is 0 Å². The van der Waals surface area contributed by atoms with Crippen molar-refractivity contribution in [3.63, 3.8) is 0 Å². The van der Waals surface area contributed by atoms with Crippen molar-refractivity contribution in [2.75, 3.05) is 0 Å². The molecule has 0 unspecified atom stereocenters. The molecule has 0 aliphatic carbocycles. The Morgan fingerprint density at radius 1 is 1.43 bits per heavy atom. The molecule has 0 saturated carbocycles. The molecule has 0 bridgehead atoms. The molecular formula is CH3LiO4S. The third-order valence-electron chi connectivity index (χ3n) is 0.122. The van der Waals surface area contributed by atoms with Crippen LogP contribution >= 0.6 is 0 Å². The second kappa shape index (κ2) is 3.21. The Kier molecular flexibility index (Phi) is 4.69. The number of hydrogen-bond acceptors (Lipinski definition) is 3. The first-order valence-corrected chi connectivity index (χ1v) is 2.49. The molecule has 0 atom stereocenters. The average Bonchev–Trinajstić information content (AvgIpc) is 1.35. The second-order valence-corrected chi connectivity index (χ2v) is 1.83. The van der Waals surface area contributed by atoms with Gasteiger partial charge in [0.1, 0.15) is 0 Å². The van der Waals surface area contributed by atoms with Crippen LogP contribution in [0, 0.1) is 0 Å². The van der Waals surface area contributed by atoms with Crippen molar-refractivity contribution >= 4 is 34.6 Å². The quantitative estimate of drug-likeness (QED) is 0.256. The van der Waals surface area contributed by atoms with Crippen molar-refractivity contribution in [1.29, 1.82) is 0 Å². The molecule has 0 radical (unpaired) electrons. The molecule has 0 saturated heterocycles. The predicted molar refractivity (Wildman–Crippen MR) is 25.4 cm³/mol. The van der Waals surface area contributed by atoms with Crippen LogP contribution in [0.2, 0.25) is 0 Å². The Morgan fingerprint density at radius 3 is 1.57 bits per heavy atom. The predicted octanol–water partition coefficient (Wildman–Crippen LogP) is -1.58. The van der Waals surface area contributed by atoms with Gasteiger partial charge in [-0.3, -0.25) is 9.35 Å². The van der Waals surface area contributed by atoms with Crippen LogP contribution in [-0.2, 0) is 14.9 Å². The molecule has 0 aliphatic rings. The van der Waals surface area contributed by atoms with Crippen LogP contribution in [0.15, 0.2) is 0 Å². The molecule has 0 aromatic carbocycles. The molecule has 1 N–H and O–H groups in total. The molecule has 0 heterocycles. The first kappa shape index (κ1) is 10.2. The molecule has 6 heteroatoms. The summed E-state index contributed by atoms with van der Waals surface area (Å²) in [6.07, 6.45) is 0. The van der Waals surface area contributed by atoms with Gasteiger partial charge in [0.15, 0.2) is 0 Å². The maximum absolute atomic E-state index is 9.19. The van der Waals surface area contributed by atoms with Crippen LogP contribution in [0.5, 0.6) is 0 Å². The number of carbonyl (C=O) groups is 1. The molecule has 0 fully saturated rings. The zero-order valence-corrected chi connectivity index (χ0v) is 3.47. The first-order chi connectivity index (χ1) is 2.56. The Morgan fingerprint density at radius 2 is 1.57 bits per heavy atom. The van der Waals surface area contributed by atoms with Crippen LogP contribution in [0.1, 0.15) is 0 Å². The summed E-state index contributed by atoms with van der Waals surface area (Å²) in [5.74, 6) is 0. The van der Waals surface area contributed by atoms with E-state index in [2.05, 4.69) is 0 Å². The second-order valence-electron chi connectivity index (χ2n) is 0.611. The Hall–Kier alpha value is 0.177. The van der Waals surface area contributed by atoms with Crippen molar-refractivity contribution in [3.8, 4) is 0 Å². The average molecular weight is 118 g/mol. The van der Waals surface area contributed by atoms with E-state index in [1.165, 1.54) is 0 Å². The van der Waals surface area contributed by atoms with Crippen molar-refractivity contribution < 1.29 is 17.8 Å². The van der Waals surface area contributed by atoms with E-state index in [9.17, 15) is 8.42 Å². The van der Waals surface area contributed by atoms with Gasteiger partial charge in [-0.25, -0.2) is 0 Å². The fourth-order valence-electron chi connectivity index (χ4n) is 0. The zero-order chi connectivity index (χ0) is 5.21. The molecule has 0 amide bonds. The molecule has 0 rings (SSSR count). The van der Waals surface area contributed by atoms with E-state index in [-0.39, 0.29) is 18.9 Å². The molecule has 0 aromatic heterocycles. The topological polar surface area (TPSA) is 71.4 Å². The summed E-state index contributed by atoms with van der Waals surface area (Å²) < 4.78 is 25.8. The first-order valence-electron chi connectivity index (χ1n) is 0.987. The Balaban J connectivity index is 0. The van der Waals surface area contributed by atoms with Crippen molar-refractivity contribution in [2.24, 2.45) is 0 Å². The molecule has 4 nitrogen and oxygen atoms in total. The van der Waals surface area contributed by atoms with E-state index in [1.54, 1.807) is 0 Å². The van der Waals surface area contributed by atoms with E-state index in [0.29, 0.717) is 0 Å². The normalized spacial score (nSPS) is 9.29. The summed E-state index contributed by atoms with van der Waals surface area (Å²) >= 11 is 0. The summed E-state index contributed by atoms with van der Waals surface area (Å²) in [6.45, 7) is 0. The summed E-state index contributed by atoms with van der Waals surface area (Å²) in [5.41, 5.74) is -0.535. The molecule has 7 heavy (non-hydrogen) atoms. The van der Waals surface area contributed by atoms with Crippen molar-refractivity contribution in [3.05, 3.63) is 0 Å². The van der Waals surface area contributed by atoms with E-state index < -0.39 is 15.7 Å². The summed E-state index contributed by atoms with van der Waals surface area (Å²) in [7, 11) is -4.34. The van der Waals surface area contributed by atoms with Gasteiger partial charge in [-0.15, -0.1) is 0 Å². The molecule has 0 aliphatic heterocycles. The van der Waals surface area contributed by atoms with E-state index in [0.717, 1.165) is 0 Å². The van der Waals surface area contributed by atoms with Gasteiger partial charge in [0.2, 0.25) is 0 Å². The van der Waals surface area contributed by atoms with Crippen LogP contribution in [0.4, 0.5) is 0 Å². The third-order valence-corrected chi connectivity index (χ3v) is 0.365.